The number of hydrogen-bond donors (Lipinski definition) is 3. The average Bonchev–Trinajstić information content (AvgIpc) is 3.60. The van der Waals surface area contributed by atoms with E-state index in [1.807, 2.05) is 25.1 Å². The van der Waals surface area contributed by atoms with Crippen molar-refractivity contribution >= 4 is 44.6 Å². The van der Waals surface area contributed by atoms with Gasteiger partial charge in [0.15, 0.2) is 0 Å². The highest BCUT2D eigenvalue weighted by atomic mass is 32.2. The van der Waals surface area contributed by atoms with E-state index in [9.17, 15) is 27.6 Å². The number of fused-ring (bicyclic) bond motifs is 1. The number of nitrogens with one attached hydrogen (secondary N) is 3. The van der Waals surface area contributed by atoms with Gasteiger partial charge in [-0.2, -0.15) is 0 Å². The summed E-state index contributed by atoms with van der Waals surface area (Å²) in [6, 6.07) is 4.97. The van der Waals surface area contributed by atoms with Gasteiger partial charge in [-0.1, -0.05) is 40.2 Å². The fourth-order valence-corrected chi connectivity index (χ4v) is 8.05. The molecule has 3 N–H and O–H groups in total. The van der Waals surface area contributed by atoms with Crippen molar-refractivity contribution < 1.29 is 41.8 Å². The number of sulfonamides is 1. The van der Waals surface area contributed by atoms with Crippen LogP contribution in [0.5, 0.6) is 11.6 Å². The van der Waals surface area contributed by atoms with Gasteiger partial charge in [0.05, 0.1) is 18.9 Å². The molecule has 14 nitrogen and oxygen atoms in total. The van der Waals surface area contributed by atoms with Crippen LogP contribution in [0.15, 0.2) is 43.1 Å². The zero-order valence-corrected chi connectivity index (χ0v) is 31.8. The second-order valence-electron chi connectivity index (χ2n) is 15.7. The largest absolute Gasteiger partial charge is 0.497 e. The van der Waals surface area contributed by atoms with Gasteiger partial charge in [0, 0.05) is 23.9 Å². The summed E-state index contributed by atoms with van der Waals surface area (Å²) < 4.78 is 45.3. The lowest BCUT2D eigenvalue weighted by Crippen LogP contribution is -2.60. The average molecular weight is 742 g/mol. The van der Waals surface area contributed by atoms with Gasteiger partial charge < -0.3 is 29.7 Å². The molecular formula is C37H51N5O9S. The van der Waals surface area contributed by atoms with Gasteiger partial charge >= 0.3 is 6.09 Å². The summed E-state index contributed by atoms with van der Waals surface area (Å²) in [4.78, 5) is 61.2. The molecule has 5 rings (SSSR count). The zero-order valence-electron chi connectivity index (χ0n) is 31.0. The van der Waals surface area contributed by atoms with Crippen LogP contribution in [0.3, 0.4) is 0 Å². The van der Waals surface area contributed by atoms with Crippen LogP contribution in [0, 0.1) is 11.3 Å². The number of pyridine rings is 1. The van der Waals surface area contributed by atoms with Crippen LogP contribution in [-0.4, -0.2) is 90.3 Å². The van der Waals surface area contributed by atoms with Crippen molar-refractivity contribution in [3.8, 4) is 11.6 Å². The molecule has 15 heteroatoms. The van der Waals surface area contributed by atoms with Gasteiger partial charge in [-0.05, 0) is 74.6 Å². The molecule has 2 aliphatic carbocycles. The van der Waals surface area contributed by atoms with Crippen LogP contribution in [0.1, 0.15) is 80.1 Å². The Balaban J connectivity index is 1.44. The van der Waals surface area contributed by atoms with Gasteiger partial charge in [-0.3, -0.25) is 19.1 Å². The first kappa shape index (κ1) is 38.8. The topological polar surface area (TPSA) is 182 Å². The number of amides is 4. The van der Waals surface area contributed by atoms with Crippen LogP contribution < -0.4 is 24.8 Å². The number of rotatable bonds is 13. The van der Waals surface area contributed by atoms with E-state index in [4.69, 9.17) is 14.2 Å². The molecule has 2 heterocycles. The van der Waals surface area contributed by atoms with E-state index < -0.39 is 79.7 Å². The lowest BCUT2D eigenvalue weighted by molar-refractivity contribution is -0.143. The maximum atomic E-state index is 14.5. The van der Waals surface area contributed by atoms with Gasteiger partial charge in [0.25, 0.3) is 5.91 Å². The summed E-state index contributed by atoms with van der Waals surface area (Å²) in [6.45, 7) is 14.5. The Hall–Kier alpha value is -4.40. The Labute approximate surface area is 305 Å². The number of carbonyl (C=O) groups is 4. The van der Waals surface area contributed by atoms with E-state index in [-0.39, 0.29) is 19.4 Å². The summed E-state index contributed by atoms with van der Waals surface area (Å²) in [5.74, 6) is -1.64. The predicted octanol–water partition coefficient (Wildman–Crippen LogP) is 3.98. The Bertz CT molecular complexity index is 1840. The lowest BCUT2D eigenvalue weighted by Gasteiger charge is -2.36. The molecule has 2 aromatic rings. The number of aromatic nitrogens is 1. The molecule has 1 saturated heterocycles. The number of carbonyl (C=O) groups excluding carboxylic acids is 4. The van der Waals surface area contributed by atoms with Crippen molar-refractivity contribution in [3.05, 3.63) is 43.1 Å². The standard InChI is InChI=1S/C37H51N5O9S/c1-9-23-20-37(23,33(45)41-52(47,48)26-12-11-13-26)40-30(43)28-19-25(50-31-27-15-14-24(49-8)18-22(27)16-17-38-31)21-42(28)32(44)29(35(3,4)5)39-34(46)51-36(6,7)10-2/h9,14-18,23,25-26,28-29H,1,10-13,19-21H2,2-8H3,(H,39,46)(H,40,43)(H,41,45)/t23-,25-,28+,29-,37-/m1/s1. The van der Waals surface area contributed by atoms with Gasteiger partial charge in [0.1, 0.15) is 35.1 Å². The van der Waals surface area contributed by atoms with Crippen LogP contribution >= 0.6 is 0 Å². The predicted molar refractivity (Wildman–Crippen MR) is 194 cm³/mol. The van der Waals surface area contributed by atoms with E-state index in [0.717, 1.165) is 11.8 Å². The third kappa shape index (κ3) is 8.13. The minimum Gasteiger partial charge on any atom is -0.497 e. The summed E-state index contributed by atoms with van der Waals surface area (Å²) in [5.41, 5.74) is -3.16. The fraction of sp³-hybridized carbons (Fsp3) is 0.595. The van der Waals surface area contributed by atoms with Crippen molar-refractivity contribution in [1.29, 1.82) is 0 Å². The first-order chi connectivity index (χ1) is 24.3. The van der Waals surface area contributed by atoms with Gasteiger partial charge in [0.2, 0.25) is 27.7 Å². The number of alkyl carbamates (subject to hydrolysis) is 1. The molecule has 1 aromatic carbocycles. The molecule has 3 fully saturated rings. The summed E-state index contributed by atoms with van der Waals surface area (Å²) in [6.07, 6.45) is 3.97. The van der Waals surface area contributed by atoms with E-state index >= 15 is 0 Å². The van der Waals surface area contributed by atoms with E-state index in [1.54, 1.807) is 54.0 Å². The zero-order chi connectivity index (χ0) is 38.2. The van der Waals surface area contributed by atoms with Crippen LogP contribution in [0.25, 0.3) is 10.8 Å². The second kappa shape index (κ2) is 14.6. The Kier molecular flexibility index (Phi) is 10.9. The van der Waals surface area contributed by atoms with E-state index in [0.29, 0.717) is 36.3 Å². The van der Waals surface area contributed by atoms with Gasteiger partial charge in [-0.15, -0.1) is 6.58 Å². The highest BCUT2D eigenvalue weighted by molar-refractivity contribution is 7.90. The van der Waals surface area contributed by atoms with Crippen LogP contribution in [-0.2, 0) is 29.1 Å². The maximum Gasteiger partial charge on any atom is 0.408 e. The van der Waals surface area contributed by atoms with Gasteiger partial charge in [-0.25, -0.2) is 18.2 Å². The molecule has 0 bridgehead atoms. The number of likely N-dealkylation sites (tertiary alicyclic amines) is 1. The minimum absolute atomic E-state index is 0.0206. The molecule has 1 aromatic heterocycles. The minimum atomic E-state index is -3.93. The first-order valence-electron chi connectivity index (χ1n) is 17.7. The molecular weight excluding hydrogens is 691 g/mol. The van der Waals surface area contributed by atoms with Crippen LogP contribution in [0.2, 0.25) is 0 Å². The van der Waals surface area contributed by atoms with Crippen molar-refractivity contribution in [2.24, 2.45) is 11.3 Å². The van der Waals surface area contributed by atoms with Crippen molar-refractivity contribution in [1.82, 2.24) is 25.2 Å². The third-order valence-corrected chi connectivity index (χ3v) is 12.3. The molecule has 0 spiro atoms. The monoisotopic (exact) mass is 741 g/mol. The van der Waals surface area contributed by atoms with Crippen LogP contribution in [0.4, 0.5) is 4.79 Å². The quantitative estimate of drug-likeness (QED) is 0.254. The summed E-state index contributed by atoms with van der Waals surface area (Å²) in [5, 5.41) is 6.37. The van der Waals surface area contributed by atoms with Crippen molar-refractivity contribution in [3.63, 3.8) is 0 Å². The fourth-order valence-electron chi connectivity index (χ4n) is 6.49. The normalized spacial score (nSPS) is 23.9. The number of ether oxygens (including phenoxy) is 3. The number of hydrogen-bond acceptors (Lipinski definition) is 10. The number of benzene rings is 1. The maximum absolute atomic E-state index is 14.5. The van der Waals surface area contributed by atoms with Crippen molar-refractivity contribution in [2.75, 3.05) is 13.7 Å². The Morgan fingerprint density at radius 1 is 1.13 bits per heavy atom. The third-order valence-electron chi connectivity index (χ3n) is 10.4. The lowest BCUT2D eigenvalue weighted by atomic mass is 9.85. The Morgan fingerprint density at radius 2 is 1.85 bits per heavy atom. The smallest absolute Gasteiger partial charge is 0.408 e. The highest BCUT2D eigenvalue weighted by Gasteiger charge is 2.62. The molecule has 5 atom stereocenters. The second-order valence-corrected chi connectivity index (χ2v) is 17.6. The molecule has 284 valence electrons. The SMILES string of the molecule is C=C[C@@H]1C[C@]1(NC(=O)[C@@H]1C[C@@H](Oc2nccc3cc(OC)ccc23)CN1C(=O)[C@@H](NC(=O)OC(C)(C)CC)C(C)(C)C)C(=O)NS(=O)(=O)C1CCC1. The molecule has 0 radical (unpaired) electrons. The molecule has 3 aliphatic rings. The molecule has 2 saturated carbocycles. The van der Waals surface area contributed by atoms with E-state index in [1.165, 1.54) is 11.0 Å². The first-order valence-corrected chi connectivity index (χ1v) is 19.3. The number of nitrogens with zero attached hydrogens (tertiary/aromatic N) is 2. The summed E-state index contributed by atoms with van der Waals surface area (Å²) >= 11 is 0. The Morgan fingerprint density at radius 3 is 2.42 bits per heavy atom. The highest BCUT2D eigenvalue weighted by Crippen LogP contribution is 2.45. The molecule has 0 unspecified atom stereocenters. The van der Waals surface area contributed by atoms with E-state index in [2.05, 4.69) is 26.9 Å². The molecule has 1 aliphatic heterocycles. The molecule has 4 amide bonds. The summed E-state index contributed by atoms with van der Waals surface area (Å²) in [7, 11) is -2.36. The van der Waals surface area contributed by atoms with Crippen molar-refractivity contribution in [2.45, 2.75) is 115 Å². The number of methoxy groups -OCH3 is 1. The molecule has 52 heavy (non-hydrogen) atoms.